The third-order valence-corrected chi connectivity index (χ3v) is 3.96. The minimum absolute atomic E-state index is 0.0839. The molecule has 0 aliphatic heterocycles. The summed E-state index contributed by atoms with van der Waals surface area (Å²) in [5, 5.41) is 12.0. The highest BCUT2D eigenvalue weighted by Gasteiger charge is 2.36. The molecule has 0 saturated carbocycles. The standard InChI is InChI=1S/C14H24N2O3/c1-4-9(5-2)13(16-8(3)17)11-6-10(14(18)19)7-12(11)15/h6,9,11-13H,4-5,7,15H2,1-3H3,(H,16,17)(H,18,19)/t11-,12-,13+/m1/s1. The number of nitrogens with two attached hydrogens (primary N) is 1. The van der Waals surface area contributed by atoms with E-state index in [1.54, 1.807) is 6.08 Å². The maximum atomic E-state index is 11.4. The number of hydrogen-bond acceptors (Lipinski definition) is 3. The Labute approximate surface area is 114 Å². The largest absolute Gasteiger partial charge is 0.478 e. The molecule has 0 aromatic heterocycles. The van der Waals surface area contributed by atoms with E-state index in [2.05, 4.69) is 19.2 Å². The molecule has 0 bridgehead atoms. The molecular formula is C14H24N2O3. The van der Waals surface area contributed by atoms with Gasteiger partial charge >= 0.3 is 5.97 Å². The van der Waals surface area contributed by atoms with Crippen LogP contribution in [0.1, 0.15) is 40.0 Å². The van der Waals surface area contributed by atoms with Crippen LogP contribution in [0, 0.1) is 11.8 Å². The average Bonchev–Trinajstić information content (AvgIpc) is 2.71. The normalized spacial score (nSPS) is 24.2. The Hall–Kier alpha value is -1.36. The predicted molar refractivity (Wildman–Crippen MR) is 73.5 cm³/mol. The SMILES string of the molecule is CCC(CC)[C@H](NC(C)=O)[C@@H]1C=C(C(=O)O)C[C@H]1N. The lowest BCUT2D eigenvalue weighted by Crippen LogP contribution is -2.48. The van der Waals surface area contributed by atoms with E-state index in [1.165, 1.54) is 6.92 Å². The number of nitrogens with one attached hydrogen (secondary N) is 1. The fraction of sp³-hybridized carbons (Fsp3) is 0.714. The van der Waals surface area contributed by atoms with Gasteiger partial charge in [0.1, 0.15) is 0 Å². The lowest BCUT2D eigenvalue weighted by Gasteiger charge is -2.32. The van der Waals surface area contributed by atoms with Gasteiger partial charge in [0.15, 0.2) is 0 Å². The van der Waals surface area contributed by atoms with Gasteiger partial charge in [-0.3, -0.25) is 4.79 Å². The molecule has 0 spiro atoms. The van der Waals surface area contributed by atoms with Gasteiger partial charge in [0, 0.05) is 30.5 Å². The van der Waals surface area contributed by atoms with Gasteiger partial charge in [-0.2, -0.15) is 0 Å². The first kappa shape index (κ1) is 15.7. The molecule has 1 rings (SSSR count). The zero-order valence-corrected chi connectivity index (χ0v) is 11.8. The van der Waals surface area contributed by atoms with Crippen molar-refractivity contribution in [2.24, 2.45) is 17.6 Å². The number of carboxylic acids is 1. The van der Waals surface area contributed by atoms with E-state index < -0.39 is 5.97 Å². The van der Waals surface area contributed by atoms with E-state index in [0.717, 1.165) is 12.8 Å². The van der Waals surface area contributed by atoms with E-state index in [1.807, 2.05) is 0 Å². The van der Waals surface area contributed by atoms with Crippen LogP contribution in [0.4, 0.5) is 0 Å². The van der Waals surface area contributed by atoms with Crippen LogP contribution >= 0.6 is 0 Å². The van der Waals surface area contributed by atoms with Crippen LogP contribution in [0.25, 0.3) is 0 Å². The van der Waals surface area contributed by atoms with E-state index in [9.17, 15) is 9.59 Å². The van der Waals surface area contributed by atoms with Gasteiger partial charge in [0.2, 0.25) is 5.91 Å². The van der Waals surface area contributed by atoms with Gasteiger partial charge in [0.05, 0.1) is 0 Å². The molecule has 19 heavy (non-hydrogen) atoms. The van der Waals surface area contributed by atoms with Crippen LogP contribution in [0.15, 0.2) is 11.6 Å². The molecule has 0 unspecified atom stereocenters. The Morgan fingerprint density at radius 3 is 2.42 bits per heavy atom. The first-order valence-corrected chi connectivity index (χ1v) is 6.87. The first-order chi connectivity index (χ1) is 8.90. The maximum absolute atomic E-state index is 11.4. The predicted octanol–water partition coefficient (Wildman–Crippen LogP) is 1.29. The zero-order chi connectivity index (χ0) is 14.6. The zero-order valence-electron chi connectivity index (χ0n) is 11.8. The number of aliphatic carboxylic acids is 1. The second-order valence-corrected chi connectivity index (χ2v) is 5.25. The fourth-order valence-corrected chi connectivity index (χ4v) is 2.90. The molecule has 0 heterocycles. The van der Waals surface area contributed by atoms with Crippen molar-refractivity contribution in [1.29, 1.82) is 0 Å². The highest BCUT2D eigenvalue weighted by Crippen LogP contribution is 2.31. The molecule has 1 aliphatic carbocycles. The van der Waals surface area contributed by atoms with Crippen molar-refractivity contribution in [2.75, 3.05) is 0 Å². The maximum Gasteiger partial charge on any atom is 0.331 e. The molecule has 0 saturated heterocycles. The number of rotatable bonds is 6. The number of carbonyl (C=O) groups is 2. The Bertz CT molecular complexity index is 375. The molecule has 4 N–H and O–H groups in total. The van der Waals surface area contributed by atoms with Crippen molar-refractivity contribution in [2.45, 2.75) is 52.1 Å². The van der Waals surface area contributed by atoms with E-state index >= 15 is 0 Å². The van der Waals surface area contributed by atoms with Gasteiger partial charge in [-0.15, -0.1) is 0 Å². The van der Waals surface area contributed by atoms with Crippen LogP contribution in [-0.2, 0) is 9.59 Å². The average molecular weight is 268 g/mol. The van der Waals surface area contributed by atoms with Crippen LogP contribution in [0.5, 0.6) is 0 Å². The Morgan fingerprint density at radius 1 is 1.47 bits per heavy atom. The topological polar surface area (TPSA) is 92.4 Å². The van der Waals surface area contributed by atoms with Crippen LogP contribution in [-0.4, -0.2) is 29.1 Å². The number of carbonyl (C=O) groups excluding carboxylic acids is 1. The molecule has 0 aromatic rings. The molecule has 1 aliphatic rings. The summed E-state index contributed by atoms with van der Waals surface area (Å²) in [7, 11) is 0. The summed E-state index contributed by atoms with van der Waals surface area (Å²) in [5.74, 6) is -0.797. The Balaban J connectivity index is 2.96. The molecule has 0 fully saturated rings. The van der Waals surface area contributed by atoms with Crippen LogP contribution < -0.4 is 11.1 Å². The number of carboxylic acid groups (broad SMARTS) is 1. The van der Waals surface area contributed by atoms with Crippen LogP contribution in [0.3, 0.4) is 0 Å². The summed E-state index contributed by atoms with van der Waals surface area (Å²) in [4.78, 5) is 22.4. The summed E-state index contributed by atoms with van der Waals surface area (Å²) >= 11 is 0. The van der Waals surface area contributed by atoms with Crippen molar-refractivity contribution in [3.8, 4) is 0 Å². The summed E-state index contributed by atoms with van der Waals surface area (Å²) in [6.07, 6.45) is 3.96. The smallest absolute Gasteiger partial charge is 0.331 e. The fourth-order valence-electron chi connectivity index (χ4n) is 2.90. The quantitative estimate of drug-likeness (QED) is 0.676. The summed E-state index contributed by atoms with van der Waals surface area (Å²) < 4.78 is 0. The van der Waals surface area contributed by atoms with Gasteiger partial charge < -0.3 is 16.2 Å². The van der Waals surface area contributed by atoms with Crippen molar-refractivity contribution < 1.29 is 14.7 Å². The lowest BCUT2D eigenvalue weighted by atomic mass is 9.82. The number of amides is 1. The summed E-state index contributed by atoms with van der Waals surface area (Å²) in [6.45, 7) is 5.63. The van der Waals surface area contributed by atoms with E-state index in [-0.39, 0.29) is 23.9 Å². The molecule has 0 aromatic carbocycles. The molecule has 1 amide bonds. The van der Waals surface area contributed by atoms with E-state index in [4.69, 9.17) is 10.8 Å². The first-order valence-electron chi connectivity index (χ1n) is 6.87. The van der Waals surface area contributed by atoms with Crippen molar-refractivity contribution >= 4 is 11.9 Å². The highest BCUT2D eigenvalue weighted by molar-refractivity contribution is 5.87. The third kappa shape index (κ3) is 3.80. The lowest BCUT2D eigenvalue weighted by molar-refractivity contribution is -0.132. The molecule has 5 nitrogen and oxygen atoms in total. The molecule has 0 radical (unpaired) electrons. The minimum atomic E-state index is -0.913. The van der Waals surface area contributed by atoms with E-state index in [0.29, 0.717) is 17.9 Å². The van der Waals surface area contributed by atoms with Gasteiger partial charge in [-0.05, 0) is 12.3 Å². The molecule has 108 valence electrons. The summed E-state index contributed by atoms with van der Waals surface area (Å²) in [5.41, 5.74) is 6.42. The second-order valence-electron chi connectivity index (χ2n) is 5.25. The van der Waals surface area contributed by atoms with Gasteiger partial charge in [-0.1, -0.05) is 32.8 Å². The minimum Gasteiger partial charge on any atom is -0.478 e. The Morgan fingerprint density at radius 2 is 2.05 bits per heavy atom. The molecule has 5 heteroatoms. The van der Waals surface area contributed by atoms with Crippen LogP contribution in [0.2, 0.25) is 0 Å². The second kappa shape index (κ2) is 6.70. The molecular weight excluding hydrogens is 244 g/mol. The Kier molecular flexibility index (Phi) is 5.54. The van der Waals surface area contributed by atoms with Crippen molar-refractivity contribution in [3.05, 3.63) is 11.6 Å². The monoisotopic (exact) mass is 268 g/mol. The van der Waals surface area contributed by atoms with Gasteiger partial charge in [0.25, 0.3) is 0 Å². The third-order valence-electron chi connectivity index (χ3n) is 3.96. The van der Waals surface area contributed by atoms with Gasteiger partial charge in [-0.25, -0.2) is 4.79 Å². The highest BCUT2D eigenvalue weighted by atomic mass is 16.4. The van der Waals surface area contributed by atoms with Crippen molar-refractivity contribution in [1.82, 2.24) is 5.32 Å². The number of hydrogen-bond donors (Lipinski definition) is 3. The summed E-state index contributed by atoms with van der Waals surface area (Å²) in [6, 6.07) is -0.317. The van der Waals surface area contributed by atoms with Crippen molar-refractivity contribution in [3.63, 3.8) is 0 Å². The molecule has 3 atom stereocenters.